The molecule has 19 heavy (non-hydrogen) atoms. The third-order valence-electron chi connectivity index (χ3n) is 2.93. The van der Waals surface area contributed by atoms with Gasteiger partial charge in [0.15, 0.2) is 0 Å². The number of hydrogen-bond donors (Lipinski definition) is 0. The van der Waals surface area contributed by atoms with Gasteiger partial charge >= 0.3 is 0 Å². The van der Waals surface area contributed by atoms with Gasteiger partial charge < -0.3 is 4.90 Å². The van der Waals surface area contributed by atoms with Crippen LogP contribution in [0.1, 0.15) is 23.7 Å². The highest BCUT2D eigenvalue weighted by Gasteiger charge is 2.13. The van der Waals surface area contributed by atoms with Crippen LogP contribution < -0.4 is 0 Å². The van der Waals surface area contributed by atoms with E-state index in [0.717, 1.165) is 17.5 Å². The molecule has 0 aliphatic rings. The molecule has 1 unspecified atom stereocenters. The molecule has 0 saturated carbocycles. The molecule has 2 rings (SSSR count). The number of fused-ring (bicyclic) bond motifs is 1. The summed E-state index contributed by atoms with van der Waals surface area (Å²) < 4.78 is 0. The number of nitrogens with zero attached hydrogens (tertiary/aromatic N) is 3. The molecule has 0 aliphatic heterocycles. The van der Waals surface area contributed by atoms with Crippen molar-refractivity contribution in [3.63, 3.8) is 0 Å². The summed E-state index contributed by atoms with van der Waals surface area (Å²) in [5.74, 6) is -0.0233. The molecule has 4 nitrogen and oxygen atoms in total. The Morgan fingerprint density at radius 2 is 2.00 bits per heavy atom. The second kappa shape index (κ2) is 5.97. The van der Waals surface area contributed by atoms with Gasteiger partial charge in [-0.25, -0.2) is 0 Å². The zero-order valence-electron chi connectivity index (χ0n) is 11.0. The zero-order chi connectivity index (χ0) is 13.8. The fourth-order valence-corrected chi connectivity index (χ4v) is 1.89. The van der Waals surface area contributed by atoms with Crippen molar-refractivity contribution < 1.29 is 4.79 Å². The van der Waals surface area contributed by atoms with Crippen molar-refractivity contribution in [3.8, 4) is 0 Å². The van der Waals surface area contributed by atoms with Crippen molar-refractivity contribution in [2.24, 2.45) is 0 Å². The number of carbonyl (C=O) groups is 1. The quantitative estimate of drug-likeness (QED) is 0.807. The Morgan fingerprint density at radius 1 is 1.32 bits per heavy atom. The Bertz CT molecular complexity index is 586. The summed E-state index contributed by atoms with van der Waals surface area (Å²) in [5, 5.41) is 0.0673. The minimum absolute atomic E-state index is 0.0233. The molecule has 0 fully saturated rings. The highest BCUT2D eigenvalue weighted by molar-refractivity contribution is 6.20. The van der Waals surface area contributed by atoms with Crippen molar-refractivity contribution in [1.29, 1.82) is 0 Å². The number of halogens is 1. The third kappa shape index (κ3) is 3.41. The van der Waals surface area contributed by atoms with Gasteiger partial charge in [-0.05, 0) is 31.5 Å². The highest BCUT2D eigenvalue weighted by atomic mass is 35.5. The van der Waals surface area contributed by atoms with Crippen LogP contribution in [0, 0.1) is 0 Å². The maximum absolute atomic E-state index is 12.2. The summed E-state index contributed by atoms with van der Waals surface area (Å²) in [6.07, 6.45) is 4.03. The van der Waals surface area contributed by atoms with Gasteiger partial charge in [0.1, 0.15) is 0 Å². The van der Waals surface area contributed by atoms with E-state index < -0.39 is 0 Å². The van der Waals surface area contributed by atoms with E-state index >= 15 is 0 Å². The van der Waals surface area contributed by atoms with Crippen LogP contribution in [-0.4, -0.2) is 39.7 Å². The van der Waals surface area contributed by atoms with Gasteiger partial charge in [-0.2, -0.15) is 0 Å². The van der Waals surface area contributed by atoms with Crippen molar-refractivity contribution in [1.82, 2.24) is 14.9 Å². The first-order chi connectivity index (χ1) is 9.08. The lowest BCUT2D eigenvalue weighted by molar-refractivity contribution is 0.0794. The van der Waals surface area contributed by atoms with Gasteiger partial charge in [-0.3, -0.25) is 14.8 Å². The maximum Gasteiger partial charge on any atom is 0.253 e. The molecule has 1 amide bonds. The van der Waals surface area contributed by atoms with Gasteiger partial charge in [-0.1, -0.05) is 0 Å². The summed E-state index contributed by atoms with van der Waals surface area (Å²) in [4.78, 5) is 22.3. The Morgan fingerprint density at radius 3 is 2.68 bits per heavy atom. The molecule has 1 aromatic carbocycles. The zero-order valence-corrected chi connectivity index (χ0v) is 11.8. The van der Waals surface area contributed by atoms with Crippen LogP contribution >= 0.6 is 11.6 Å². The first-order valence-corrected chi connectivity index (χ1v) is 6.62. The van der Waals surface area contributed by atoms with Crippen LogP contribution in [0.4, 0.5) is 0 Å². The molecule has 5 heteroatoms. The first-order valence-electron chi connectivity index (χ1n) is 6.18. The van der Waals surface area contributed by atoms with Crippen molar-refractivity contribution >= 4 is 28.5 Å². The summed E-state index contributed by atoms with van der Waals surface area (Å²) in [7, 11) is 1.78. The second-order valence-corrected chi connectivity index (χ2v) is 5.30. The van der Waals surface area contributed by atoms with Crippen LogP contribution in [0.15, 0.2) is 30.6 Å². The SMILES string of the molecule is CC(Cl)CCN(C)C(=O)c1ccc2nccnc2c1. The molecule has 1 heterocycles. The average Bonchev–Trinajstić information content (AvgIpc) is 2.43. The number of rotatable bonds is 4. The summed E-state index contributed by atoms with van der Waals surface area (Å²) in [6, 6.07) is 5.36. The van der Waals surface area contributed by atoms with Crippen molar-refractivity contribution in [3.05, 3.63) is 36.2 Å². The number of amides is 1. The molecule has 0 radical (unpaired) electrons. The molecule has 0 saturated heterocycles. The summed E-state index contributed by atoms with van der Waals surface area (Å²) >= 11 is 5.89. The topological polar surface area (TPSA) is 46.1 Å². The Labute approximate surface area is 117 Å². The van der Waals surface area contributed by atoms with E-state index in [-0.39, 0.29) is 11.3 Å². The van der Waals surface area contributed by atoms with E-state index in [9.17, 15) is 4.79 Å². The lowest BCUT2D eigenvalue weighted by Gasteiger charge is -2.17. The fourth-order valence-electron chi connectivity index (χ4n) is 1.79. The number of hydrogen-bond acceptors (Lipinski definition) is 3. The molecular formula is C14H16ClN3O. The van der Waals surface area contributed by atoms with Crippen molar-refractivity contribution in [2.45, 2.75) is 18.7 Å². The van der Waals surface area contributed by atoms with Crippen LogP contribution in [-0.2, 0) is 0 Å². The number of alkyl halides is 1. The molecule has 0 bridgehead atoms. The highest BCUT2D eigenvalue weighted by Crippen LogP contribution is 2.13. The van der Waals surface area contributed by atoms with E-state index in [4.69, 9.17) is 11.6 Å². The van der Waals surface area contributed by atoms with Crippen LogP contribution in [0.5, 0.6) is 0 Å². The Hall–Kier alpha value is -1.68. The lowest BCUT2D eigenvalue weighted by Crippen LogP contribution is -2.28. The fraction of sp³-hybridized carbons (Fsp3) is 0.357. The van der Waals surface area contributed by atoms with E-state index in [0.29, 0.717) is 12.1 Å². The molecule has 0 N–H and O–H groups in total. The van der Waals surface area contributed by atoms with Crippen molar-refractivity contribution in [2.75, 3.05) is 13.6 Å². The summed E-state index contributed by atoms with van der Waals surface area (Å²) in [6.45, 7) is 2.56. The summed E-state index contributed by atoms with van der Waals surface area (Å²) in [5.41, 5.74) is 2.14. The largest absolute Gasteiger partial charge is 0.342 e. The monoisotopic (exact) mass is 277 g/mol. The number of carbonyl (C=O) groups excluding carboxylic acids is 1. The molecule has 2 aromatic rings. The molecule has 0 spiro atoms. The van der Waals surface area contributed by atoms with Gasteiger partial charge in [0.2, 0.25) is 0 Å². The third-order valence-corrected chi connectivity index (χ3v) is 3.14. The van der Waals surface area contributed by atoms with E-state index in [1.165, 1.54) is 0 Å². The minimum Gasteiger partial charge on any atom is -0.342 e. The van der Waals surface area contributed by atoms with E-state index in [2.05, 4.69) is 9.97 Å². The normalized spacial score (nSPS) is 12.4. The second-order valence-electron chi connectivity index (χ2n) is 4.56. The molecular weight excluding hydrogens is 262 g/mol. The van der Waals surface area contributed by atoms with Gasteiger partial charge in [0, 0.05) is 36.9 Å². The smallest absolute Gasteiger partial charge is 0.253 e. The van der Waals surface area contributed by atoms with Crippen LogP contribution in [0.25, 0.3) is 11.0 Å². The first kappa shape index (κ1) is 13.7. The standard InChI is InChI=1S/C14H16ClN3O/c1-10(15)5-8-18(2)14(19)11-3-4-12-13(9-11)17-7-6-16-12/h3-4,6-7,9-10H,5,8H2,1-2H3. The molecule has 0 aliphatic carbocycles. The van der Waals surface area contributed by atoms with Gasteiger partial charge in [0.05, 0.1) is 11.0 Å². The molecule has 1 atom stereocenters. The molecule has 100 valence electrons. The van der Waals surface area contributed by atoms with E-state index in [1.54, 1.807) is 36.5 Å². The Kier molecular flexibility index (Phi) is 4.32. The Balaban J connectivity index is 2.16. The van der Waals surface area contributed by atoms with Gasteiger partial charge in [0.25, 0.3) is 5.91 Å². The van der Waals surface area contributed by atoms with Crippen LogP contribution in [0.2, 0.25) is 0 Å². The lowest BCUT2D eigenvalue weighted by atomic mass is 10.1. The predicted molar refractivity (Wildman–Crippen MR) is 76.4 cm³/mol. The van der Waals surface area contributed by atoms with Crippen LogP contribution in [0.3, 0.4) is 0 Å². The number of benzene rings is 1. The minimum atomic E-state index is -0.0233. The average molecular weight is 278 g/mol. The molecule has 1 aromatic heterocycles. The van der Waals surface area contributed by atoms with Gasteiger partial charge in [-0.15, -0.1) is 11.6 Å². The predicted octanol–water partition coefficient (Wildman–Crippen LogP) is 2.72. The maximum atomic E-state index is 12.2. The number of aromatic nitrogens is 2. The van der Waals surface area contributed by atoms with E-state index in [1.807, 2.05) is 13.0 Å².